The highest BCUT2D eigenvalue weighted by Gasteiger charge is 2.19. The predicted octanol–water partition coefficient (Wildman–Crippen LogP) is -0.745. The van der Waals surface area contributed by atoms with E-state index >= 15 is 0 Å². The molecule has 1 saturated heterocycles. The van der Waals surface area contributed by atoms with Crippen molar-refractivity contribution < 1.29 is 5.21 Å². The van der Waals surface area contributed by atoms with E-state index < -0.39 is 0 Å². The summed E-state index contributed by atoms with van der Waals surface area (Å²) in [6.07, 6.45) is 0. The van der Waals surface area contributed by atoms with Crippen molar-refractivity contribution in [1.29, 1.82) is 0 Å². The first kappa shape index (κ1) is 6.95. The zero-order chi connectivity index (χ0) is 6.85. The Morgan fingerprint density at radius 1 is 1.56 bits per heavy atom. The Kier molecular flexibility index (Phi) is 2.02. The SMILES string of the molecule is CC1CN(N)CCN1O. The molecule has 0 spiro atoms. The van der Waals surface area contributed by atoms with Crippen LogP contribution >= 0.6 is 0 Å². The molecule has 1 aliphatic rings. The second-order valence-corrected chi connectivity index (χ2v) is 2.51. The molecule has 4 nitrogen and oxygen atoms in total. The van der Waals surface area contributed by atoms with Gasteiger partial charge in [-0.25, -0.2) is 5.01 Å². The number of piperazine rings is 1. The highest BCUT2D eigenvalue weighted by atomic mass is 16.5. The highest BCUT2D eigenvalue weighted by molar-refractivity contribution is 4.69. The molecule has 0 aromatic carbocycles. The van der Waals surface area contributed by atoms with Gasteiger partial charge in [-0.2, -0.15) is 5.06 Å². The minimum atomic E-state index is 0.170. The molecule has 3 N–H and O–H groups in total. The standard InChI is InChI=1S/C5H13N3O/c1-5-4-7(6)2-3-8(5)9/h5,9H,2-4,6H2,1H3. The summed E-state index contributed by atoms with van der Waals surface area (Å²) in [6, 6.07) is 0.170. The molecule has 4 heteroatoms. The maximum atomic E-state index is 9.05. The molecular weight excluding hydrogens is 118 g/mol. The minimum Gasteiger partial charge on any atom is -0.314 e. The summed E-state index contributed by atoms with van der Waals surface area (Å²) in [5, 5.41) is 12.1. The van der Waals surface area contributed by atoms with Crippen LogP contribution in [-0.2, 0) is 0 Å². The lowest BCUT2D eigenvalue weighted by molar-refractivity contribution is -0.150. The number of hydrazine groups is 1. The van der Waals surface area contributed by atoms with Gasteiger partial charge in [0.15, 0.2) is 0 Å². The van der Waals surface area contributed by atoms with Crippen molar-refractivity contribution in [2.75, 3.05) is 19.6 Å². The number of hydroxylamine groups is 2. The van der Waals surface area contributed by atoms with Gasteiger partial charge >= 0.3 is 0 Å². The lowest BCUT2D eigenvalue weighted by Crippen LogP contribution is -2.52. The third-order valence-electron chi connectivity index (χ3n) is 1.62. The van der Waals surface area contributed by atoms with Crippen molar-refractivity contribution >= 4 is 0 Å². The van der Waals surface area contributed by atoms with Gasteiger partial charge in [0, 0.05) is 25.7 Å². The molecule has 0 saturated carbocycles. The van der Waals surface area contributed by atoms with E-state index in [9.17, 15) is 0 Å². The zero-order valence-electron chi connectivity index (χ0n) is 5.62. The van der Waals surface area contributed by atoms with Gasteiger partial charge < -0.3 is 5.21 Å². The molecule has 1 rings (SSSR count). The van der Waals surface area contributed by atoms with E-state index in [-0.39, 0.29) is 6.04 Å². The Morgan fingerprint density at radius 3 is 2.67 bits per heavy atom. The average molecular weight is 131 g/mol. The van der Waals surface area contributed by atoms with Crippen molar-refractivity contribution in [2.45, 2.75) is 13.0 Å². The normalized spacial score (nSPS) is 33.0. The smallest absolute Gasteiger partial charge is 0.0463 e. The van der Waals surface area contributed by atoms with Crippen LogP contribution in [0.5, 0.6) is 0 Å². The van der Waals surface area contributed by atoms with Gasteiger partial charge in [0.25, 0.3) is 0 Å². The van der Waals surface area contributed by atoms with E-state index in [2.05, 4.69) is 0 Å². The summed E-state index contributed by atoms with van der Waals surface area (Å²) in [7, 11) is 0. The molecular formula is C5H13N3O. The molecule has 54 valence electrons. The van der Waals surface area contributed by atoms with Crippen molar-refractivity contribution in [3.05, 3.63) is 0 Å². The van der Waals surface area contributed by atoms with Gasteiger partial charge in [0.1, 0.15) is 0 Å². The molecule has 0 amide bonds. The summed E-state index contributed by atoms with van der Waals surface area (Å²) in [6.45, 7) is 4.09. The molecule has 0 aromatic heterocycles. The predicted molar refractivity (Wildman–Crippen MR) is 33.7 cm³/mol. The number of nitrogens with two attached hydrogens (primary N) is 1. The third-order valence-corrected chi connectivity index (χ3v) is 1.62. The third kappa shape index (κ3) is 1.62. The van der Waals surface area contributed by atoms with E-state index in [1.165, 1.54) is 5.06 Å². The maximum absolute atomic E-state index is 9.05. The van der Waals surface area contributed by atoms with Crippen LogP contribution in [0.15, 0.2) is 0 Å². The van der Waals surface area contributed by atoms with Gasteiger partial charge in [0.2, 0.25) is 0 Å². The molecule has 0 aromatic rings. The van der Waals surface area contributed by atoms with Gasteiger partial charge in [-0.15, -0.1) is 0 Å². The van der Waals surface area contributed by atoms with E-state index in [4.69, 9.17) is 11.0 Å². The van der Waals surface area contributed by atoms with Crippen molar-refractivity contribution in [3.63, 3.8) is 0 Å². The van der Waals surface area contributed by atoms with Crippen molar-refractivity contribution in [1.82, 2.24) is 10.1 Å². The number of nitrogens with zero attached hydrogens (tertiary/aromatic N) is 2. The Labute approximate surface area is 54.8 Å². The van der Waals surface area contributed by atoms with Crippen LogP contribution in [0.2, 0.25) is 0 Å². The number of hydrogen-bond donors (Lipinski definition) is 2. The lowest BCUT2D eigenvalue weighted by atomic mass is 10.2. The first-order valence-electron chi connectivity index (χ1n) is 3.15. The second-order valence-electron chi connectivity index (χ2n) is 2.51. The Hall–Kier alpha value is -0.160. The van der Waals surface area contributed by atoms with Crippen molar-refractivity contribution in [3.8, 4) is 0 Å². The van der Waals surface area contributed by atoms with Crippen LogP contribution < -0.4 is 5.84 Å². The highest BCUT2D eigenvalue weighted by Crippen LogP contribution is 2.01. The topological polar surface area (TPSA) is 52.7 Å². The maximum Gasteiger partial charge on any atom is 0.0463 e. The fourth-order valence-electron chi connectivity index (χ4n) is 0.976. The van der Waals surface area contributed by atoms with Gasteiger partial charge in [0.05, 0.1) is 0 Å². The van der Waals surface area contributed by atoms with E-state index in [0.717, 1.165) is 13.1 Å². The monoisotopic (exact) mass is 131 g/mol. The van der Waals surface area contributed by atoms with Gasteiger partial charge in [-0.05, 0) is 6.92 Å². The van der Waals surface area contributed by atoms with Crippen LogP contribution in [0.4, 0.5) is 0 Å². The Morgan fingerprint density at radius 2 is 2.22 bits per heavy atom. The minimum absolute atomic E-state index is 0.170. The summed E-state index contributed by atoms with van der Waals surface area (Å²) in [5.41, 5.74) is 0. The van der Waals surface area contributed by atoms with Crippen LogP contribution in [0.3, 0.4) is 0 Å². The Balaban J connectivity index is 2.35. The molecule has 0 radical (unpaired) electrons. The fourth-order valence-corrected chi connectivity index (χ4v) is 0.976. The molecule has 0 aliphatic carbocycles. The Bertz CT molecular complexity index is 98.2. The summed E-state index contributed by atoms with van der Waals surface area (Å²) >= 11 is 0. The van der Waals surface area contributed by atoms with Crippen LogP contribution in [0, 0.1) is 0 Å². The average Bonchev–Trinajstić information content (AvgIpc) is 1.80. The van der Waals surface area contributed by atoms with E-state index in [0.29, 0.717) is 6.54 Å². The first-order chi connectivity index (χ1) is 4.20. The van der Waals surface area contributed by atoms with Crippen LogP contribution in [-0.4, -0.2) is 41.0 Å². The zero-order valence-corrected chi connectivity index (χ0v) is 5.62. The summed E-state index contributed by atoms with van der Waals surface area (Å²) in [5.74, 6) is 5.48. The largest absolute Gasteiger partial charge is 0.314 e. The second kappa shape index (κ2) is 2.62. The molecule has 1 fully saturated rings. The fraction of sp³-hybridized carbons (Fsp3) is 1.00. The van der Waals surface area contributed by atoms with Gasteiger partial charge in [-0.1, -0.05) is 0 Å². The van der Waals surface area contributed by atoms with E-state index in [1.54, 1.807) is 5.01 Å². The quantitative estimate of drug-likeness (QED) is 0.425. The molecule has 1 atom stereocenters. The molecule has 0 bridgehead atoms. The van der Waals surface area contributed by atoms with Crippen molar-refractivity contribution in [2.24, 2.45) is 5.84 Å². The molecule has 1 aliphatic heterocycles. The molecule has 1 heterocycles. The van der Waals surface area contributed by atoms with Crippen LogP contribution in [0.1, 0.15) is 6.92 Å². The van der Waals surface area contributed by atoms with Gasteiger partial charge in [-0.3, -0.25) is 5.84 Å². The number of hydrogen-bond acceptors (Lipinski definition) is 4. The summed E-state index contributed by atoms with van der Waals surface area (Å²) in [4.78, 5) is 0. The molecule has 9 heavy (non-hydrogen) atoms. The van der Waals surface area contributed by atoms with E-state index in [1.807, 2.05) is 6.92 Å². The lowest BCUT2D eigenvalue weighted by Gasteiger charge is -2.33. The first-order valence-corrected chi connectivity index (χ1v) is 3.15. The summed E-state index contributed by atoms with van der Waals surface area (Å²) < 4.78 is 0. The molecule has 1 unspecified atom stereocenters. The number of rotatable bonds is 0. The van der Waals surface area contributed by atoms with Crippen LogP contribution in [0.25, 0.3) is 0 Å².